The molecule has 1 N–H and O–H groups in total. The Morgan fingerprint density at radius 3 is 2.37 bits per heavy atom. The van der Waals surface area contributed by atoms with Crippen LogP contribution in [0.2, 0.25) is 0 Å². The van der Waals surface area contributed by atoms with Gasteiger partial charge < -0.3 is 10.2 Å². The molecule has 0 radical (unpaired) electrons. The molecule has 1 aliphatic heterocycles. The van der Waals surface area contributed by atoms with Crippen LogP contribution in [0.25, 0.3) is 0 Å². The lowest BCUT2D eigenvalue weighted by molar-refractivity contribution is -0.116. The third kappa shape index (κ3) is 5.48. The third-order valence-corrected chi connectivity index (χ3v) is 5.54. The molecule has 1 saturated heterocycles. The first kappa shape index (κ1) is 20.2. The molecule has 0 saturated carbocycles. The predicted molar refractivity (Wildman–Crippen MR) is 121 cm³/mol. The molecule has 0 aliphatic carbocycles. The van der Waals surface area contributed by atoms with Gasteiger partial charge in [0.15, 0.2) is 0 Å². The number of aryl methyl sites for hydroxylation is 2. The second-order valence-electron chi connectivity index (χ2n) is 7.87. The van der Waals surface area contributed by atoms with Crippen LogP contribution in [0.1, 0.15) is 17.5 Å². The molecule has 1 aromatic heterocycles. The van der Waals surface area contributed by atoms with Crippen molar-refractivity contribution in [2.75, 3.05) is 36.4 Å². The molecule has 6 heteroatoms. The summed E-state index contributed by atoms with van der Waals surface area (Å²) in [4.78, 5) is 17.1. The van der Waals surface area contributed by atoms with E-state index in [1.165, 1.54) is 11.3 Å². The number of carbonyl (C=O) groups excluding carboxylic acids is 1. The topological polar surface area (TPSA) is 53.4 Å². The highest BCUT2D eigenvalue weighted by Crippen LogP contribution is 2.20. The monoisotopic (exact) mass is 403 g/mol. The van der Waals surface area contributed by atoms with Crippen molar-refractivity contribution in [3.05, 3.63) is 78.1 Å². The molecule has 0 unspecified atom stereocenters. The summed E-state index contributed by atoms with van der Waals surface area (Å²) < 4.78 is 1.76. The zero-order chi connectivity index (χ0) is 20.8. The van der Waals surface area contributed by atoms with Crippen LogP contribution in [0, 0.1) is 0 Å². The van der Waals surface area contributed by atoms with Gasteiger partial charge in [-0.2, -0.15) is 5.10 Å². The Morgan fingerprint density at radius 2 is 1.70 bits per heavy atom. The van der Waals surface area contributed by atoms with Gasteiger partial charge in [-0.05, 0) is 41.8 Å². The second-order valence-corrected chi connectivity index (χ2v) is 7.87. The minimum absolute atomic E-state index is 0.0288. The van der Waals surface area contributed by atoms with Crippen molar-refractivity contribution in [1.82, 2.24) is 14.7 Å². The van der Waals surface area contributed by atoms with Crippen LogP contribution in [0.15, 0.2) is 67.0 Å². The summed E-state index contributed by atoms with van der Waals surface area (Å²) >= 11 is 0. The summed E-state index contributed by atoms with van der Waals surface area (Å²) in [5.41, 5.74) is 4.50. The molecule has 0 bridgehead atoms. The van der Waals surface area contributed by atoms with Gasteiger partial charge in [0.05, 0.1) is 6.20 Å². The third-order valence-electron chi connectivity index (χ3n) is 5.54. The van der Waals surface area contributed by atoms with Crippen LogP contribution in [0.5, 0.6) is 0 Å². The fraction of sp³-hybridized carbons (Fsp3) is 0.333. The maximum Gasteiger partial charge on any atom is 0.224 e. The number of benzene rings is 2. The highest BCUT2D eigenvalue weighted by molar-refractivity contribution is 5.91. The normalized spacial score (nSPS) is 14.6. The number of nitrogens with zero attached hydrogens (tertiary/aromatic N) is 4. The zero-order valence-electron chi connectivity index (χ0n) is 17.5. The summed E-state index contributed by atoms with van der Waals surface area (Å²) in [5.74, 6) is 0.0288. The van der Waals surface area contributed by atoms with Crippen LogP contribution in [0.3, 0.4) is 0 Å². The molecule has 1 amide bonds. The number of nitrogens with one attached hydrogen (secondary N) is 1. The van der Waals surface area contributed by atoms with Gasteiger partial charge in [-0.25, -0.2) is 0 Å². The summed E-state index contributed by atoms with van der Waals surface area (Å²) in [7, 11) is 1.88. The minimum Gasteiger partial charge on any atom is -0.369 e. The van der Waals surface area contributed by atoms with Crippen LogP contribution in [-0.4, -0.2) is 46.8 Å². The Bertz CT molecular complexity index is 943. The smallest absolute Gasteiger partial charge is 0.224 e. The first-order valence-electron chi connectivity index (χ1n) is 10.5. The standard InChI is InChI=1S/C24H29N5O/c1-27-18-21(17-25-27)7-12-24(30)26-22-8-10-23(11-9-22)29-15-13-28(14-16-29)19-20-5-3-2-4-6-20/h2-6,8-11,17-18H,7,12-16,19H2,1H3,(H,26,30). The largest absolute Gasteiger partial charge is 0.369 e. The molecular weight excluding hydrogens is 374 g/mol. The van der Waals surface area contributed by atoms with Gasteiger partial charge in [-0.1, -0.05) is 30.3 Å². The molecule has 4 rings (SSSR count). The van der Waals surface area contributed by atoms with Gasteiger partial charge in [-0.3, -0.25) is 14.4 Å². The van der Waals surface area contributed by atoms with Crippen LogP contribution < -0.4 is 10.2 Å². The zero-order valence-corrected chi connectivity index (χ0v) is 17.5. The lowest BCUT2D eigenvalue weighted by atomic mass is 10.1. The predicted octanol–water partition coefficient (Wildman–Crippen LogP) is 3.31. The highest BCUT2D eigenvalue weighted by atomic mass is 16.1. The van der Waals surface area contributed by atoms with Crippen molar-refractivity contribution in [2.45, 2.75) is 19.4 Å². The minimum atomic E-state index is 0.0288. The number of hydrogen-bond acceptors (Lipinski definition) is 4. The van der Waals surface area contributed by atoms with Crippen LogP contribution in [-0.2, 0) is 24.8 Å². The van der Waals surface area contributed by atoms with Crippen LogP contribution in [0.4, 0.5) is 11.4 Å². The first-order valence-corrected chi connectivity index (χ1v) is 10.5. The van der Waals surface area contributed by atoms with E-state index in [1.807, 2.05) is 31.6 Å². The number of rotatable bonds is 7. The fourth-order valence-corrected chi connectivity index (χ4v) is 3.84. The van der Waals surface area contributed by atoms with Gasteiger partial charge in [0, 0.05) is 63.8 Å². The number of piperazine rings is 1. The van der Waals surface area contributed by atoms with E-state index in [4.69, 9.17) is 0 Å². The van der Waals surface area contributed by atoms with Crippen molar-refractivity contribution < 1.29 is 4.79 Å². The quantitative estimate of drug-likeness (QED) is 0.658. The number of carbonyl (C=O) groups is 1. The number of hydrogen-bond donors (Lipinski definition) is 1. The molecule has 1 aliphatic rings. The Kier molecular flexibility index (Phi) is 6.44. The molecule has 30 heavy (non-hydrogen) atoms. The Labute approximate surface area is 178 Å². The maximum atomic E-state index is 12.2. The molecule has 2 heterocycles. The Balaban J connectivity index is 1.23. The van der Waals surface area contributed by atoms with E-state index in [2.05, 4.69) is 62.7 Å². The molecule has 0 atom stereocenters. The van der Waals surface area contributed by atoms with E-state index in [-0.39, 0.29) is 5.91 Å². The molecule has 2 aromatic carbocycles. The van der Waals surface area contributed by atoms with E-state index >= 15 is 0 Å². The van der Waals surface area contributed by atoms with E-state index in [0.29, 0.717) is 12.8 Å². The van der Waals surface area contributed by atoms with Crippen molar-refractivity contribution in [3.63, 3.8) is 0 Å². The van der Waals surface area contributed by atoms with Gasteiger partial charge in [0.1, 0.15) is 0 Å². The maximum absolute atomic E-state index is 12.2. The van der Waals surface area contributed by atoms with E-state index in [1.54, 1.807) is 4.68 Å². The molecule has 1 fully saturated rings. The van der Waals surface area contributed by atoms with E-state index in [9.17, 15) is 4.79 Å². The van der Waals surface area contributed by atoms with Crippen molar-refractivity contribution >= 4 is 17.3 Å². The summed E-state index contributed by atoms with van der Waals surface area (Å²) in [5, 5.41) is 7.13. The average molecular weight is 404 g/mol. The second kappa shape index (κ2) is 9.59. The lowest BCUT2D eigenvalue weighted by Gasteiger charge is -2.36. The molecule has 0 spiro atoms. The van der Waals surface area contributed by atoms with Gasteiger partial charge in [0.25, 0.3) is 0 Å². The van der Waals surface area contributed by atoms with E-state index < -0.39 is 0 Å². The number of anilines is 2. The van der Waals surface area contributed by atoms with Gasteiger partial charge >= 0.3 is 0 Å². The SMILES string of the molecule is Cn1cc(CCC(=O)Nc2ccc(N3CCN(Cc4ccccc4)CC3)cc2)cn1. The van der Waals surface area contributed by atoms with Gasteiger partial charge in [0.2, 0.25) is 5.91 Å². The van der Waals surface area contributed by atoms with E-state index in [0.717, 1.165) is 44.0 Å². The summed E-state index contributed by atoms with van der Waals surface area (Å²) in [6, 6.07) is 18.8. The summed E-state index contributed by atoms with van der Waals surface area (Å²) in [6.07, 6.45) is 4.91. The van der Waals surface area contributed by atoms with Gasteiger partial charge in [-0.15, -0.1) is 0 Å². The average Bonchev–Trinajstić information content (AvgIpc) is 3.19. The van der Waals surface area contributed by atoms with Crippen molar-refractivity contribution in [1.29, 1.82) is 0 Å². The molecule has 156 valence electrons. The highest BCUT2D eigenvalue weighted by Gasteiger charge is 2.17. The fourth-order valence-electron chi connectivity index (χ4n) is 3.84. The van der Waals surface area contributed by atoms with Crippen molar-refractivity contribution in [3.8, 4) is 0 Å². The Hall–Kier alpha value is -3.12. The summed E-state index contributed by atoms with van der Waals surface area (Å²) in [6.45, 7) is 5.16. The first-order chi connectivity index (χ1) is 14.7. The molecular formula is C24H29N5O. The number of aromatic nitrogens is 2. The Morgan fingerprint density at radius 1 is 0.967 bits per heavy atom. The van der Waals surface area contributed by atoms with Crippen LogP contribution >= 0.6 is 0 Å². The lowest BCUT2D eigenvalue weighted by Crippen LogP contribution is -2.45. The molecule has 6 nitrogen and oxygen atoms in total. The molecule has 3 aromatic rings. The van der Waals surface area contributed by atoms with Crippen molar-refractivity contribution in [2.24, 2.45) is 7.05 Å². The number of amides is 1.